The van der Waals surface area contributed by atoms with Crippen molar-refractivity contribution in [3.8, 4) is 23.8 Å². The number of carbonyl (C=O) groups is 1. The number of terminal acetylenes is 1. The van der Waals surface area contributed by atoms with Crippen LogP contribution in [0.4, 0.5) is 0 Å². The maximum atomic E-state index is 11.7. The minimum Gasteiger partial charge on any atom is -0.493 e. The molecule has 4 nitrogen and oxygen atoms in total. The van der Waals surface area contributed by atoms with Crippen molar-refractivity contribution in [3.63, 3.8) is 0 Å². The Morgan fingerprint density at radius 2 is 2.00 bits per heavy atom. The Hall–Kier alpha value is -2.25. The molecule has 0 fully saturated rings. The van der Waals surface area contributed by atoms with Crippen LogP contribution in [0.25, 0.3) is 6.08 Å². The van der Waals surface area contributed by atoms with Gasteiger partial charge in [0.1, 0.15) is 0 Å². The summed E-state index contributed by atoms with van der Waals surface area (Å²) in [5.74, 6) is 3.77. The normalized spacial score (nSPS) is 10.3. The van der Waals surface area contributed by atoms with Crippen molar-refractivity contribution in [2.75, 3.05) is 27.4 Å². The molecule has 0 spiro atoms. The van der Waals surface area contributed by atoms with Crippen LogP contribution < -0.4 is 9.47 Å². The number of benzene rings is 1. The molecule has 0 saturated heterocycles. The molecule has 1 aromatic rings. The monoisotopic (exact) mass is 288 g/mol. The molecule has 0 radical (unpaired) electrons. The van der Waals surface area contributed by atoms with Gasteiger partial charge in [-0.1, -0.05) is 12.1 Å². The molecule has 112 valence electrons. The number of allylic oxidation sites excluding steroid dienone is 1. The van der Waals surface area contributed by atoms with Gasteiger partial charge in [0, 0.05) is 12.8 Å². The predicted octanol–water partition coefficient (Wildman–Crippen LogP) is 2.72. The highest BCUT2D eigenvalue weighted by molar-refractivity contribution is 5.93. The van der Waals surface area contributed by atoms with Crippen LogP contribution in [0.5, 0.6) is 11.5 Å². The van der Waals surface area contributed by atoms with Gasteiger partial charge >= 0.3 is 0 Å². The highest BCUT2D eigenvalue weighted by Crippen LogP contribution is 2.27. The Morgan fingerprint density at radius 3 is 2.67 bits per heavy atom. The number of hydrogen-bond acceptors (Lipinski definition) is 4. The number of ketones is 1. The van der Waals surface area contributed by atoms with E-state index in [1.807, 2.05) is 12.1 Å². The van der Waals surface area contributed by atoms with Gasteiger partial charge in [-0.2, -0.15) is 0 Å². The van der Waals surface area contributed by atoms with Gasteiger partial charge in [-0.05, 0) is 23.8 Å². The van der Waals surface area contributed by atoms with Gasteiger partial charge in [0.25, 0.3) is 0 Å². The van der Waals surface area contributed by atoms with Crippen LogP contribution in [0.1, 0.15) is 18.4 Å². The highest BCUT2D eigenvalue weighted by atomic mass is 16.5. The average molecular weight is 288 g/mol. The van der Waals surface area contributed by atoms with E-state index in [4.69, 9.17) is 20.6 Å². The molecular formula is C17H20O4. The van der Waals surface area contributed by atoms with E-state index < -0.39 is 0 Å². The van der Waals surface area contributed by atoms with Crippen molar-refractivity contribution in [2.24, 2.45) is 0 Å². The molecule has 0 aliphatic carbocycles. The number of carbonyl (C=O) groups excluding carboxylic acids is 1. The second kappa shape index (κ2) is 9.62. The van der Waals surface area contributed by atoms with Gasteiger partial charge in [0.2, 0.25) is 0 Å². The van der Waals surface area contributed by atoms with Crippen LogP contribution in [-0.2, 0) is 9.53 Å². The number of methoxy groups -OCH3 is 2. The summed E-state index contributed by atoms with van der Waals surface area (Å²) in [6.07, 6.45) is 9.28. The molecule has 1 aromatic carbocycles. The fraction of sp³-hybridized carbons (Fsp3) is 0.353. The zero-order valence-electron chi connectivity index (χ0n) is 12.4. The fourth-order valence-electron chi connectivity index (χ4n) is 1.63. The summed E-state index contributed by atoms with van der Waals surface area (Å²) in [5.41, 5.74) is 0.870. The van der Waals surface area contributed by atoms with Crippen LogP contribution in [0.3, 0.4) is 0 Å². The van der Waals surface area contributed by atoms with Gasteiger partial charge in [0.15, 0.2) is 17.3 Å². The van der Waals surface area contributed by atoms with Crippen molar-refractivity contribution in [1.29, 1.82) is 0 Å². The lowest BCUT2D eigenvalue weighted by Crippen LogP contribution is -2.02. The largest absolute Gasteiger partial charge is 0.493 e. The highest BCUT2D eigenvalue weighted by Gasteiger charge is 2.03. The number of hydrogen-bond donors (Lipinski definition) is 0. The third-order valence-electron chi connectivity index (χ3n) is 2.75. The quantitative estimate of drug-likeness (QED) is 0.398. The van der Waals surface area contributed by atoms with E-state index in [9.17, 15) is 4.79 Å². The van der Waals surface area contributed by atoms with Gasteiger partial charge in [0.05, 0.1) is 27.4 Å². The molecule has 0 heterocycles. The zero-order valence-corrected chi connectivity index (χ0v) is 12.4. The van der Waals surface area contributed by atoms with E-state index in [2.05, 4.69) is 5.92 Å². The molecule has 4 heteroatoms. The van der Waals surface area contributed by atoms with Crippen molar-refractivity contribution in [3.05, 3.63) is 29.8 Å². The molecule has 0 aliphatic rings. The third kappa shape index (κ3) is 6.15. The van der Waals surface area contributed by atoms with E-state index >= 15 is 0 Å². The molecule has 0 bridgehead atoms. The Balaban J connectivity index is 2.48. The molecule has 21 heavy (non-hydrogen) atoms. The van der Waals surface area contributed by atoms with Crippen LogP contribution in [0, 0.1) is 12.3 Å². The van der Waals surface area contributed by atoms with Crippen LogP contribution in [0.2, 0.25) is 0 Å². The minimum atomic E-state index is 0.00509. The molecule has 0 N–H and O–H groups in total. The van der Waals surface area contributed by atoms with E-state index in [1.165, 1.54) is 6.08 Å². The maximum absolute atomic E-state index is 11.7. The topological polar surface area (TPSA) is 44.8 Å². The molecule has 0 saturated carbocycles. The first-order valence-electron chi connectivity index (χ1n) is 6.65. The minimum absolute atomic E-state index is 0.00509. The van der Waals surface area contributed by atoms with Crippen molar-refractivity contribution >= 4 is 11.9 Å². The molecule has 0 aliphatic heterocycles. The summed E-state index contributed by atoms with van der Waals surface area (Å²) >= 11 is 0. The SMILES string of the molecule is C#CCCOCCC(=O)/C=C/c1ccc(OC)c(OC)c1. The fourth-order valence-corrected chi connectivity index (χ4v) is 1.63. The molecule has 0 amide bonds. The maximum Gasteiger partial charge on any atom is 0.161 e. The first-order chi connectivity index (χ1) is 10.2. The molecule has 0 atom stereocenters. The van der Waals surface area contributed by atoms with E-state index in [0.717, 1.165) is 5.56 Å². The van der Waals surface area contributed by atoms with Crippen LogP contribution >= 0.6 is 0 Å². The summed E-state index contributed by atoms with van der Waals surface area (Å²) in [4.78, 5) is 11.7. The molecule has 0 aromatic heterocycles. The second-order valence-corrected chi connectivity index (χ2v) is 4.23. The van der Waals surface area contributed by atoms with E-state index in [-0.39, 0.29) is 5.78 Å². The smallest absolute Gasteiger partial charge is 0.161 e. The van der Waals surface area contributed by atoms with E-state index in [0.29, 0.717) is 37.6 Å². The lowest BCUT2D eigenvalue weighted by molar-refractivity contribution is -0.115. The van der Waals surface area contributed by atoms with Crippen molar-refractivity contribution in [2.45, 2.75) is 12.8 Å². The van der Waals surface area contributed by atoms with Gasteiger partial charge in [-0.15, -0.1) is 12.3 Å². The second-order valence-electron chi connectivity index (χ2n) is 4.23. The van der Waals surface area contributed by atoms with Gasteiger partial charge in [-0.25, -0.2) is 0 Å². The predicted molar refractivity (Wildman–Crippen MR) is 82.5 cm³/mol. The zero-order chi connectivity index (χ0) is 15.5. The van der Waals surface area contributed by atoms with E-state index in [1.54, 1.807) is 26.4 Å². The first kappa shape index (κ1) is 16.8. The van der Waals surface area contributed by atoms with Gasteiger partial charge < -0.3 is 14.2 Å². The lowest BCUT2D eigenvalue weighted by atomic mass is 10.1. The van der Waals surface area contributed by atoms with Crippen molar-refractivity contribution < 1.29 is 19.0 Å². The summed E-state index contributed by atoms with van der Waals surface area (Å²) in [6.45, 7) is 0.875. The molecular weight excluding hydrogens is 268 g/mol. The molecule has 0 unspecified atom stereocenters. The Bertz CT molecular complexity index is 526. The van der Waals surface area contributed by atoms with Crippen molar-refractivity contribution in [1.82, 2.24) is 0 Å². The summed E-state index contributed by atoms with van der Waals surface area (Å²) in [5, 5.41) is 0. The Kier molecular flexibility index (Phi) is 7.70. The summed E-state index contributed by atoms with van der Waals surface area (Å²) < 4.78 is 15.6. The average Bonchev–Trinajstić information content (AvgIpc) is 2.52. The molecule has 1 rings (SSSR count). The first-order valence-corrected chi connectivity index (χ1v) is 6.65. The number of ether oxygens (including phenoxy) is 3. The number of rotatable bonds is 9. The summed E-state index contributed by atoms with van der Waals surface area (Å²) in [7, 11) is 3.15. The standard InChI is InChI=1S/C17H20O4/c1-4-5-11-21-12-10-15(18)8-6-14-7-9-16(19-2)17(13-14)20-3/h1,6-9,13H,5,10-12H2,2-3H3/b8-6+. The Morgan fingerprint density at radius 1 is 1.24 bits per heavy atom. The van der Waals surface area contributed by atoms with Crippen LogP contribution in [-0.4, -0.2) is 33.2 Å². The van der Waals surface area contributed by atoms with Gasteiger partial charge in [-0.3, -0.25) is 4.79 Å². The van der Waals surface area contributed by atoms with Crippen LogP contribution in [0.15, 0.2) is 24.3 Å². The Labute approximate surface area is 125 Å². The lowest BCUT2D eigenvalue weighted by Gasteiger charge is -2.07. The third-order valence-corrected chi connectivity index (χ3v) is 2.75. The summed E-state index contributed by atoms with van der Waals surface area (Å²) in [6, 6.07) is 5.46.